The zero-order valence-corrected chi connectivity index (χ0v) is 10.7. The van der Waals surface area contributed by atoms with Crippen molar-refractivity contribution in [1.82, 2.24) is 14.6 Å². The molecule has 96 valence electrons. The maximum atomic E-state index is 5.88. The van der Waals surface area contributed by atoms with Gasteiger partial charge in [-0.2, -0.15) is 4.98 Å². The van der Waals surface area contributed by atoms with Crippen LogP contribution in [0.4, 0.5) is 5.95 Å². The highest BCUT2D eigenvalue weighted by atomic mass is 35.5. The van der Waals surface area contributed by atoms with E-state index < -0.39 is 0 Å². The zero-order chi connectivity index (χ0) is 12.4. The smallest absolute Gasteiger partial charge is 0.243 e. The number of rotatable bonds is 6. The van der Waals surface area contributed by atoms with Crippen molar-refractivity contribution in [3.05, 3.63) is 23.4 Å². The Balaban J connectivity index is 1.50. The molecule has 5 nitrogen and oxygen atoms in total. The third kappa shape index (κ3) is 2.91. The number of pyridine rings is 1. The normalized spacial score (nSPS) is 15.2. The van der Waals surface area contributed by atoms with Crippen LogP contribution in [0.15, 0.2) is 18.3 Å². The summed E-state index contributed by atoms with van der Waals surface area (Å²) in [5, 5.41) is 8.05. The van der Waals surface area contributed by atoms with Gasteiger partial charge in [-0.15, -0.1) is 5.10 Å². The summed E-state index contributed by atoms with van der Waals surface area (Å²) in [4.78, 5) is 4.33. The molecule has 1 aliphatic rings. The molecule has 1 fully saturated rings. The van der Waals surface area contributed by atoms with Gasteiger partial charge in [0.1, 0.15) is 0 Å². The molecule has 1 N–H and O–H groups in total. The molecule has 18 heavy (non-hydrogen) atoms. The Hall–Kier alpha value is -1.33. The van der Waals surface area contributed by atoms with E-state index >= 15 is 0 Å². The predicted octanol–water partition coefficient (Wildman–Crippen LogP) is 2.22. The van der Waals surface area contributed by atoms with E-state index in [0.29, 0.717) is 17.6 Å². The highest BCUT2D eigenvalue weighted by Crippen LogP contribution is 2.28. The predicted molar refractivity (Wildman–Crippen MR) is 70.0 cm³/mol. The zero-order valence-electron chi connectivity index (χ0n) is 9.97. The van der Waals surface area contributed by atoms with Crippen LogP contribution in [0.25, 0.3) is 5.65 Å². The van der Waals surface area contributed by atoms with Crippen LogP contribution in [-0.2, 0) is 4.74 Å². The van der Waals surface area contributed by atoms with E-state index in [0.717, 1.165) is 24.7 Å². The minimum atomic E-state index is 0.604. The Morgan fingerprint density at radius 2 is 2.33 bits per heavy atom. The van der Waals surface area contributed by atoms with Gasteiger partial charge in [-0.1, -0.05) is 11.6 Å². The molecule has 0 radical (unpaired) electrons. The summed E-state index contributed by atoms with van der Waals surface area (Å²) in [7, 11) is 0. The highest BCUT2D eigenvalue weighted by molar-refractivity contribution is 6.30. The summed E-state index contributed by atoms with van der Waals surface area (Å²) < 4.78 is 7.19. The van der Waals surface area contributed by atoms with Crippen LogP contribution in [0.1, 0.15) is 12.8 Å². The molecule has 0 aromatic carbocycles. The van der Waals surface area contributed by atoms with Gasteiger partial charge in [-0.05, 0) is 30.9 Å². The molecular formula is C12H15ClN4O. The van der Waals surface area contributed by atoms with E-state index in [9.17, 15) is 0 Å². The number of fused-ring (bicyclic) bond motifs is 1. The molecule has 0 saturated heterocycles. The monoisotopic (exact) mass is 266 g/mol. The second-order valence-electron chi connectivity index (χ2n) is 4.53. The summed E-state index contributed by atoms with van der Waals surface area (Å²) in [6.45, 7) is 2.29. The lowest BCUT2D eigenvalue weighted by Crippen LogP contribution is -2.11. The number of nitrogens with zero attached hydrogens (tertiary/aromatic N) is 3. The highest BCUT2D eigenvalue weighted by Gasteiger charge is 2.20. The van der Waals surface area contributed by atoms with Crippen LogP contribution in [-0.4, -0.2) is 34.4 Å². The number of nitrogens with one attached hydrogen (secondary N) is 1. The van der Waals surface area contributed by atoms with Gasteiger partial charge in [-0.3, -0.25) is 0 Å². The van der Waals surface area contributed by atoms with E-state index in [4.69, 9.17) is 16.3 Å². The molecule has 0 aliphatic heterocycles. The lowest BCUT2D eigenvalue weighted by atomic mass is 10.5. The Kier molecular flexibility index (Phi) is 3.34. The van der Waals surface area contributed by atoms with E-state index in [1.807, 2.05) is 6.07 Å². The van der Waals surface area contributed by atoms with Crippen molar-refractivity contribution in [2.75, 3.05) is 25.1 Å². The molecule has 1 saturated carbocycles. The van der Waals surface area contributed by atoms with E-state index in [-0.39, 0.29) is 0 Å². The fourth-order valence-corrected chi connectivity index (χ4v) is 1.86. The quantitative estimate of drug-likeness (QED) is 0.815. The van der Waals surface area contributed by atoms with Crippen molar-refractivity contribution < 1.29 is 4.74 Å². The fraction of sp³-hybridized carbons (Fsp3) is 0.500. The first-order chi connectivity index (χ1) is 8.81. The molecule has 1 aliphatic carbocycles. The topological polar surface area (TPSA) is 51.5 Å². The molecule has 0 unspecified atom stereocenters. The number of hydrogen-bond acceptors (Lipinski definition) is 4. The Labute approximate surface area is 110 Å². The molecule has 6 heteroatoms. The second-order valence-corrected chi connectivity index (χ2v) is 4.97. The second kappa shape index (κ2) is 5.12. The molecule has 3 rings (SSSR count). The van der Waals surface area contributed by atoms with E-state index in [1.165, 1.54) is 12.8 Å². The summed E-state index contributed by atoms with van der Waals surface area (Å²) in [5.41, 5.74) is 0.779. The molecule has 0 spiro atoms. The first kappa shape index (κ1) is 11.7. The Morgan fingerprint density at radius 1 is 1.44 bits per heavy atom. The maximum absolute atomic E-state index is 5.88. The number of hydrogen-bond donors (Lipinski definition) is 1. The number of halogens is 1. The molecule has 0 amide bonds. The fourth-order valence-electron chi connectivity index (χ4n) is 1.70. The Bertz CT molecular complexity index is 538. The van der Waals surface area contributed by atoms with Crippen LogP contribution in [0.3, 0.4) is 0 Å². The van der Waals surface area contributed by atoms with Crippen molar-refractivity contribution in [2.45, 2.75) is 12.8 Å². The van der Waals surface area contributed by atoms with Gasteiger partial charge in [-0.25, -0.2) is 4.52 Å². The molecule has 2 aromatic heterocycles. The average molecular weight is 267 g/mol. The summed E-state index contributed by atoms with van der Waals surface area (Å²) in [6.07, 6.45) is 4.38. The van der Waals surface area contributed by atoms with Crippen molar-refractivity contribution in [2.24, 2.45) is 5.92 Å². The molecular weight excluding hydrogens is 252 g/mol. The van der Waals surface area contributed by atoms with Gasteiger partial charge >= 0.3 is 0 Å². The Morgan fingerprint density at radius 3 is 3.17 bits per heavy atom. The van der Waals surface area contributed by atoms with Gasteiger partial charge < -0.3 is 10.1 Å². The minimum Gasteiger partial charge on any atom is -0.379 e. The first-order valence-electron chi connectivity index (χ1n) is 6.15. The summed E-state index contributed by atoms with van der Waals surface area (Å²) >= 11 is 5.88. The van der Waals surface area contributed by atoms with Crippen LogP contribution in [0.2, 0.25) is 5.02 Å². The third-order valence-electron chi connectivity index (χ3n) is 2.87. The van der Waals surface area contributed by atoms with Gasteiger partial charge in [0.05, 0.1) is 11.6 Å². The number of anilines is 1. The molecule has 0 atom stereocenters. The third-order valence-corrected chi connectivity index (χ3v) is 3.10. The first-order valence-corrected chi connectivity index (χ1v) is 6.52. The largest absolute Gasteiger partial charge is 0.379 e. The van der Waals surface area contributed by atoms with Gasteiger partial charge in [0, 0.05) is 19.3 Å². The summed E-state index contributed by atoms with van der Waals surface area (Å²) in [5.74, 6) is 1.41. The van der Waals surface area contributed by atoms with Crippen LogP contribution in [0.5, 0.6) is 0 Å². The van der Waals surface area contributed by atoms with Gasteiger partial charge in [0.25, 0.3) is 0 Å². The SMILES string of the molecule is Clc1ccc2nc(NCCOCC3CC3)nn2c1. The number of ether oxygens (including phenoxy) is 1. The van der Waals surface area contributed by atoms with Crippen molar-refractivity contribution in [3.8, 4) is 0 Å². The average Bonchev–Trinajstić information content (AvgIpc) is 3.08. The van der Waals surface area contributed by atoms with Gasteiger partial charge in [0.15, 0.2) is 5.65 Å². The van der Waals surface area contributed by atoms with Crippen LogP contribution in [0, 0.1) is 5.92 Å². The van der Waals surface area contributed by atoms with Gasteiger partial charge in [0.2, 0.25) is 5.95 Å². The standard InChI is InChI=1S/C12H15ClN4O/c13-10-3-4-11-15-12(16-17(11)7-10)14-5-6-18-8-9-1-2-9/h3-4,7,9H,1-2,5-6,8H2,(H,14,16). The number of aromatic nitrogens is 3. The van der Waals surface area contributed by atoms with Crippen molar-refractivity contribution in [1.29, 1.82) is 0 Å². The lowest BCUT2D eigenvalue weighted by molar-refractivity contribution is 0.133. The van der Waals surface area contributed by atoms with Crippen LogP contribution < -0.4 is 5.32 Å². The molecule has 2 aromatic rings. The van der Waals surface area contributed by atoms with Crippen LogP contribution >= 0.6 is 11.6 Å². The minimum absolute atomic E-state index is 0.604. The van der Waals surface area contributed by atoms with Crippen molar-refractivity contribution >= 4 is 23.2 Å². The molecule has 2 heterocycles. The maximum Gasteiger partial charge on any atom is 0.243 e. The van der Waals surface area contributed by atoms with E-state index in [2.05, 4.69) is 15.4 Å². The summed E-state index contributed by atoms with van der Waals surface area (Å²) in [6, 6.07) is 3.64. The molecule has 0 bridgehead atoms. The van der Waals surface area contributed by atoms with Crippen molar-refractivity contribution in [3.63, 3.8) is 0 Å². The van der Waals surface area contributed by atoms with E-state index in [1.54, 1.807) is 16.8 Å². The lowest BCUT2D eigenvalue weighted by Gasteiger charge is -2.02.